The lowest BCUT2D eigenvalue weighted by Gasteiger charge is -2.24. The largest absolute Gasteiger partial charge is 0.444 e. The third kappa shape index (κ3) is 6.15. The molecular formula is C19H25ClFN3O5S. The van der Waals surface area contributed by atoms with Crippen LogP contribution in [-0.2, 0) is 20.3 Å². The first-order valence-electron chi connectivity index (χ1n) is 9.32. The number of aromatic nitrogens is 2. The number of benzene rings is 1. The van der Waals surface area contributed by atoms with Gasteiger partial charge in [0.2, 0.25) is 15.7 Å². The Morgan fingerprint density at radius 3 is 2.57 bits per heavy atom. The number of rotatable bonds is 7. The first-order valence-corrected chi connectivity index (χ1v) is 11.4. The van der Waals surface area contributed by atoms with Gasteiger partial charge in [0.15, 0.2) is 0 Å². The van der Waals surface area contributed by atoms with E-state index in [1.807, 2.05) is 13.8 Å². The molecule has 30 heavy (non-hydrogen) atoms. The van der Waals surface area contributed by atoms with Gasteiger partial charge < -0.3 is 14.5 Å². The molecule has 1 aromatic carbocycles. The lowest BCUT2D eigenvalue weighted by Crippen LogP contribution is -2.37. The lowest BCUT2D eigenvalue weighted by molar-refractivity contribution is 0.0473. The number of carbonyl (C=O) groups excluding carboxylic acids is 1. The van der Waals surface area contributed by atoms with Gasteiger partial charge in [-0.25, -0.2) is 17.6 Å². The number of amides is 1. The van der Waals surface area contributed by atoms with E-state index >= 15 is 0 Å². The van der Waals surface area contributed by atoms with E-state index in [-0.39, 0.29) is 22.4 Å². The number of hydrogen-bond acceptors (Lipinski definition) is 7. The molecule has 0 spiro atoms. The van der Waals surface area contributed by atoms with Gasteiger partial charge in [0.1, 0.15) is 17.5 Å². The average Bonchev–Trinajstić information content (AvgIpc) is 3.11. The van der Waals surface area contributed by atoms with Crippen molar-refractivity contribution in [2.75, 3.05) is 0 Å². The smallest absolute Gasteiger partial charge is 0.408 e. The number of nitrogens with zero attached hydrogens (tertiary/aromatic N) is 2. The number of ether oxygens (including phenoxy) is 1. The molecular weight excluding hydrogens is 437 g/mol. The standard InChI is InChI=1S/C19H25ClFN3O5S/c1-6-11(2)15(22-17(25)29-19(3,4)5)16-23-24-18(28-16)30(26,27)10-12-13(20)8-7-9-14(12)21/h7-9,11,15H,6,10H2,1-5H3,(H,22,25). The molecule has 2 atom stereocenters. The summed E-state index contributed by atoms with van der Waals surface area (Å²) in [6, 6.07) is 3.11. The second-order valence-corrected chi connectivity index (χ2v) is 10.1. The predicted octanol–water partition coefficient (Wildman–Crippen LogP) is 4.45. The van der Waals surface area contributed by atoms with Crippen molar-refractivity contribution in [1.82, 2.24) is 15.5 Å². The minimum atomic E-state index is -4.17. The molecule has 0 saturated carbocycles. The van der Waals surface area contributed by atoms with E-state index < -0.39 is 44.4 Å². The molecule has 2 unspecified atom stereocenters. The van der Waals surface area contributed by atoms with Crippen LogP contribution in [0.2, 0.25) is 5.02 Å². The Hall–Kier alpha value is -2.20. The molecule has 1 heterocycles. The van der Waals surface area contributed by atoms with Crippen molar-refractivity contribution in [1.29, 1.82) is 0 Å². The van der Waals surface area contributed by atoms with E-state index in [1.54, 1.807) is 20.8 Å². The summed E-state index contributed by atoms with van der Waals surface area (Å²) >= 11 is 5.92. The first-order chi connectivity index (χ1) is 13.8. The van der Waals surface area contributed by atoms with Gasteiger partial charge in [-0.2, -0.15) is 0 Å². The van der Waals surface area contributed by atoms with Crippen molar-refractivity contribution in [3.05, 3.63) is 40.5 Å². The van der Waals surface area contributed by atoms with Crippen molar-refractivity contribution in [3.8, 4) is 0 Å². The first kappa shape index (κ1) is 24.1. The topological polar surface area (TPSA) is 111 Å². The third-order valence-corrected chi connectivity index (χ3v) is 5.96. The van der Waals surface area contributed by atoms with Gasteiger partial charge in [0.05, 0.1) is 5.75 Å². The van der Waals surface area contributed by atoms with Gasteiger partial charge >= 0.3 is 11.3 Å². The second-order valence-electron chi connectivity index (χ2n) is 7.87. The highest BCUT2D eigenvalue weighted by Crippen LogP contribution is 2.28. The highest BCUT2D eigenvalue weighted by molar-refractivity contribution is 7.90. The van der Waals surface area contributed by atoms with E-state index in [9.17, 15) is 17.6 Å². The van der Waals surface area contributed by atoms with Gasteiger partial charge in [-0.3, -0.25) is 0 Å². The summed E-state index contributed by atoms with van der Waals surface area (Å²) in [4.78, 5) is 12.2. The molecule has 1 aromatic heterocycles. The van der Waals surface area contributed by atoms with Crippen LogP contribution < -0.4 is 5.32 Å². The van der Waals surface area contributed by atoms with Crippen molar-refractivity contribution >= 4 is 27.5 Å². The number of hydrogen-bond donors (Lipinski definition) is 1. The van der Waals surface area contributed by atoms with Crippen molar-refractivity contribution < 1.29 is 26.8 Å². The molecule has 0 aliphatic carbocycles. The van der Waals surface area contributed by atoms with Crippen LogP contribution in [-0.4, -0.2) is 30.3 Å². The quantitative estimate of drug-likeness (QED) is 0.648. The maximum atomic E-state index is 14.0. The Morgan fingerprint density at radius 1 is 1.33 bits per heavy atom. The molecule has 0 saturated heterocycles. The van der Waals surface area contributed by atoms with Crippen LogP contribution in [0.25, 0.3) is 0 Å². The van der Waals surface area contributed by atoms with E-state index in [0.29, 0.717) is 6.42 Å². The Kier molecular flexibility index (Phi) is 7.46. The normalized spacial score (nSPS) is 14.2. The molecule has 0 aliphatic heterocycles. The van der Waals surface area contributed by atoms with Crippen LogP contribution in [0.4, 0.5) is 9.18 Å². The summed E-state index contributed by atoms with van der Waals surface area (Å²) < 4.78 is 49.9. The minimum Gasteiger partial charge on any atom is -0.444 e. The SMILES string of the molecule is CCC(C)C(NC(=O)OC(C)(C)C)c1nnc(S(=O)(=O)Cc2c(F)cccc2Cl)o1. The summed E-state index contributed by atoms with van der Waals surface area (Å²) in [5.41, 5.74) is -0.906. The van der Waals surface area contributed by atoms with Gasteiger partial charge in [-0.15, -0.1) is 5.10 Å². The number of halogens is 2. The summed E-state index contributed by atoms with van der Waals surface area (Å²) in [7, 11) is -4.17. The lowest BCUT2D eigenvalue weighted by atomic mass is 9.99. The molecule has 2 aromatic rings. The Labute approximate surface area is 180 Å². The molecule has 0 radical (unpaired) electrons. The maximum Gasteiger partial charge on any atom is 0.408 e. The van der Waals surface area contributed by atoms with Crippen molar-refractivity contribution in [2.45, 2.75) is 63.7 Å². The van der Waals surface area contributed by atoms with E-state index in [4.69, 9.17) is 20.8 Å². The van der Waals surface area contributed by atoms with E-state index in [1.165, 1.54) is 12.1 Å². The monoisotopic (exact) mass is 461 g/mol. The Balaban J connectivity index is 2.29. The summed E-state index contributed by atoms with van der Waals surface area (Å²) in [6.45, 7) is 8.88. The average molecular weight is 462 g/mol. The Bertz CT molecular complexity index is 984. The molecule has 8 nitrogen and oxygen atoms in total. The molecule has 1 N–H and O–H groups in total. The highest BCUT2D eigenvalue weighted by Gasteiger charge is 2.31. The second kappa shape index (κ2) is 9.30. The zero-order valence-electron chi connectivity index (χ0n) is 17.4. The summed E-state index contributed by atoms with van der Waals surface area (Å²) in [5.74, 6) is -1.74. The van der Waals surface area contributed by atoms with Gasteiger partial charge in [0.25, 0.3) is 0 Å². The van der Waals surface area contributed by atoms with Crippen molar-refractivity contribution in [3.63, 3.8) is 0 Å². The van der Waals surface area contributed by atoms with Gasteiger partial charge in [-0.05, 0) is 38.8 Å². The predicted molar refractivity (Wildman–Crippen MR) is 108 cm³/mol. The van der Waals surface area contributed by atoms with Crippen LogP contribution in [0.5, 0.6) is 0 Å². The fourth-order valence-electron chi connectivity index (χ4n) is 2.51. The van der Waals surface area contributed by atoms with E-state index in [2.05, 4.69) is 15.5 Å². The molecule has 166 valence electrons. The minimum absolute atomic E-state index is 0.0256. The highest BCUT2D eigenvalue weighted by atomic mass is 35.5. The Morgan fingerprint density at radius 2 is 2.00 bits per heavy atom. The molecule has 0 aliphatic rings. The van der Waals surface area contributed by atoms with Crippen LogP contribution >= 0.6 is 11.6 Å². The van der Waals surface area contributed by atoms with Gasteiger partial charge in [-0.1, -0.05) is 43.0 Å². The number of sulfone groups is 1. The summed E-state index contributed by atoms with van der Waals surface area (Å²) in [5, 5.41) is 9.33. The van der Waals surface area contributed by atoms with Crippen molar-refractivity contribution in [2.24, 2.45) is 5.92 Å². The number of carbonyl (C=O) groups is 1. The zero-order valence-corrected chi connectivity index (χ0v) is 19.0. The number of nitrogens with one attached hydrogen (secondary N) is 1. The van der Waals surface area contributed by atoms with Crippen LogP contribution in [0.3, 0.4) is 0 Å². The molecule has 0 bridgehead atoms. The molecule has 1 amide bonds. The molecule has 11 heteroatoms. The van der Waals surface area contributed by atoms with Crippen LogP contribution in [0, 0.1) is 11.7 Å². The maximum absolute atomic E-state index is 14.0. The summed E-state index contributed by atoms with van der Waals surface area (Å²) in [6.07, 6.45) is -0.0657. The fourth-order valence-corrected chi connectivity index (χ4v) is 3.99. The fraction of sp³-hybridized carbons (Fsp3) is 0.526. The zero-order chi connectivity index (χ0) is 22.7. The number of alkyl carbamates (subject to hydrolysis) is 1. The molecule has 2 rings (SSSR count). The van der Waals surface area contributed by atoms with Gasteiger partial charge in [0, 0.05) is 10.6 Å². The molecule has 0 fully saturated rings. The van der Waals surface area contributed by atoms with Crippen LogP contribution in [0.15, 0.2) is 27.8 Å². The van der Waals surface area contributed by atoms with Crippen LogP contribution in [0.1, 0.15) is 58.5 Å². The third-order valence-electron chi connectivity index (χ3n) is 4.24. The van der Waals surface area contributed by atoms with E-state index in [0.717, 1.165) is 6.07 Å².